The first-order chi connectivity index (χ1) is 8.58. The van der Waals surface area contributed by atoms with Crippen LogP contribution in [0.15, 0.2) is 36.4 Å². The number of anilines is 2. The van der Waals surface area contributed by atoms with E-state index in [9.17, 15) is 8.78 Å². The minimum absolute atomic E-state index is 0.0324. The predicted molar refractivity (Wildman–Crippen MR) is 69.5 cm³/mol. The van der Waals surface area contributed by atoms with Gasteiger partial charge in [0.05, 0.1) is 11.4 Å². The molecule has 0 atom stereocenters. The average molecular weight is 269 g/mol. The van der Waals surface area contributed by atoms with E-state index >= 15 is 0 Å². The maximum Gasteiger partial charge on any atom is 0.183 e. The second-order valence-electron chi connectivity index (χ2n) is 3.81. The van der Waals surface area contributed by atoms with E-state index in [0.717, 1.165) is 11.6 Å². The largest absolute Gasteiger partial charge is 0.397 e. The molecule has 18 heavy (non-hydrogen) atoms. The third-order valence-electron chi connectivity index (χ3n) is 2.49. The maximum absolute atomic E-state index is 13.5. The Morgan fingerprint density at radius 3 is 2.67 bits per heavy atom. The van der Waals surface area contributed by atoms with Crippen LogP contribution in [0, 0.1) is 11.6 Å². The fraction of sp³-hybridized carbons (Fsp3) is 0.0769. The van der Waals surface area contributed by atoms with Crippen molar-refractivity contribution >= 4 is 23.0 Å². The minimum Gasteiger partial charge on any atom is -0.397 e. The van der Waals surface area contributed by atoms with E-state index in [1.54, 1.807) is 18.2 Å². The number of halogens is 3. The Kier molecular flexibility index (Phi) is 3.67. The molecular formula is C13H11ClF2N2. The molecule has 5 heteroatoms. The first-order valence-electron chi connectivity index (χ1n) is 5.29. The number of hydrogen-bond acceptors (Lipinski definition) is 2. The zero-order valence-corrected chi connectivity index (χ0v) is 10.1. The predicted octanol–water partition coefficient (Wildman–Crippen LogP) is 3.81. The summed E-state index contributed by atoms with van der Waals surface area (Å²) in [7, 11) is 0. The van der Waals surface area contributed by atoms with E-state index in [1.165, 1.54) is 6.07 Å². The molecule has 3 N–H and O–H groups in total. The quantitative estimate of drug-likeness (QED) is 0.831. The minimum atomic E-state index is -0.975. The summed E-state index contributed by atoms with van der Waals surface area (Å²) in [5, 5.41) is 3.35. The summed E-state index contributed by atoms with van der Waals surface area (Å²) in [6.07, 6.45) is 0. The summed E-state index contributed by atoms with van der Waals surface area (Å²) < 4.78 is 26.6. The van der Waals surface area contributed by atoms with Crippen molar-refractivity contribution < 1.29 is 8.78 Å². The molecule has 0 heterocycles. The van der Waals surface area contributed by atoms with E-state index < -0.39 is 11.6 Å². The van der Waals surface area contributed by atoms with Crippen molar-refractivity contribution in [3.8, 4) is 0 Å². The van der Waals surface area contributed by atoms with Crippen molar-refractivity contribution in [1.29, 1.82) is 0 Å². The molecule has 2 rings (SSSR count). The van der Waals surface area contributed by atoms with E-state index in [-0.39, 0.29) is 11.4 Å². The second kappa shape index (κ2) is 5.23. The van der Waals surface area contributed by atoms with Crippen LogP contribution < -0.4 is 11.1 Å². The molecule has 2 aromatic rings. The molecule has 0 amide bonds. The number of benzene rings is 2. The Balaban J connectivity index is 2.18. The van der Waals surface area contributed by atoms with Crippen molar-refractivity contribution in [2.75, 3.05) is 11.1 Å². The molecule has 0 aliphatic rings. The first kappa shape index (κ1) is 12.6. The summed E-state index contributed by atoms with van der Waals surface area (Å²) in [5.74, 6) is -1.91. The van der Waals surface area contributed by atoms with Gasteiger partial charge in [0.2, 0.25) is 0 Å². The highest BCUT2D eigenvalue weighted by Crippen LogP contribution is 2.25. The Bertz CT molecular complexity index is 573. The average Bonchev–Trinajstić information content (AvgIpc) is 2.34. The van der Waals surface area contributed by atoms with Gasteiger partial charge in [-0.15, -0.1) is 0 Å². The highest BCUT2D eigenvalue weighted by molar-refractivity contribution is 6.30. The van der Waals surface area contributed by atoms with Crippen LogP contribution in [-0.4, -0.2) is 0 Å². The summed E-state index contributed by atoms with van der Waals surface area (Å²) in [6.45, 7) is 0.311. The molecule has 0 unspecified atom stereocenters. The van der Waals surface area contributed by atoms with Crippen LogP contribution in [0.3, 0.4) is 0 Å². The van der Waals surface area contributed by atoms with Crippen molar-refractivity contribution in [2.24, 2.45) is 0 Å². The van der Waals surface area contributed by atoms with Crippen LogP contribution in [0.5, 0.6) is 0 Å². The number of nitrogens with one attached hydrogen (secondary N) is 1. The standard InChI is InChI=1S/C13H11ClF2N2/c14-9-3-1-2-8(6-9)7-18-13-11(17)5-4-10(15)12(13)16/h1-6,18H,7,17H2. The lowest BCUT2D eigenvalue weighted by Crippen LogP contribution is -2.06. The molecule has 0 aliphatic carbocycles. The van der Waals surface area contributed by atoms with Gasteiger partial charge in [0.1, 0.15) is 0 Å². The van der Waals surface area contributed by atoms with E-state index in [0.29, 0.717) is 11.6 Å². The van der Waals surface area contributed by atoms with Crippen molar-refractivity contribution in [3.05, 3.63) is 58.6 Å². The lowest BCUT2D eigenvalue weighted by Gasteiger charge is -2.11. The monoisotopic (exact) mass is 268 g/mol. The molecule has 0 radical (unpaired) electrons. The molecule has 2 nitrogen and oxygen atoms in total. The molecule has 0 spiro atoms. The Hall–Kier alpha value is -1.81. The van der Waals surface area contributed by atoms with Gasteiger partial charge in [0, 0.05) is 11.6 Å². The van der Waals surface area contributed by atoms with Gasteiger partial charge in [-0.25, -0.2) is 8.78 Å². The highest BCUT2D eigenvalue weighted by atomic mass is 35.5. The molecule has 0 saturated heterocycles. The van der Waals surface area contributed by atoms with Gasteiger partial charge in [-0.1, -0.05) is 23.7 Å². The first-order valence-corrected chi connectivity index (χ1v) is 5.67. The normalized spacial score (nSPS) is 10.4. The molecule has 0 aromatic heterocycles. The molecule has 0 aliphatic heterocycles. The fourth-order valence-corrected chi connectivity index (χ4v) is 1.80. The van der Waals surface area contributed by atoms with Crippen molar-refractivity contribution in [2.45, 2.75) is 6.54 Å². The van der Waals surface area contributed by atoms with E-state index in [2.05, 4.69) is 5.32 Å². The van der Waals surface area contributed by atoms with Gasteiger partial charge in [-0.3, -0.25) is 0 Å². The lowest BCUT2D eigenvalue weighted by atomic mass is 10.2. The highest BCUT2D eigenvalue weighted by Gasteiger charge is 2.11. The molecular weight excluding hydrogens is 258 g/mol. The smallest absolute Gasteiger partial charge is 0.183 e. The zero-order valence-electron chi connectivity index (χ0n) is 9.38. The molecule has 2 aromatic carbocycles. The van der Waals surface area contributed by atoms with Crippen molar-refractivity contribution in [3.63, 3.8) is 0 Å². The summed E-state index contributed by atoms with van der Waals surface area (Å²) in [4.78, 5) is 0. The van der Waals surface area contributed by atoms with Crippen LogP contribution >= 0.6 is 11.6 Å². The van der Waals surface area contributed by atoms with Crippen LogP contribution in [0.25, 0.3) is 0 Å². The van der Waals surface area contributed by atoms with Gasteiger partial charge in [-0.2, -0.15) is 0 Å². The van der Waals surface area contributed by atoms with Gasteiger partial charge >= 0.3 is 0 Å². The van der Waals surface area contributed by atoms with Gasteiger partial charge in [0.15, 0.2) is 11.6 Å². The SMILES string of the molecule is Nc1ccc(F)c(F)c1NCc1cccc(Cl)c1. The molecule has 0 bridgehead atoms. The molecule has 94 valence electrons. The Labute approximate surface area is 108 Å². The summed E-state index contributed by atoms with van der Waals surface area (Å²) >= 11 is 5.83. The van der Waals surface area contributed by atoms with E-state index in [1.807, 2.05) is 6.07 Å². The maximum atomic E-state index is 13.5. The summed E-state index contributed by atoms with van der Waals surface area (Å²) in [6, 6.07) is 9.40. The third kappa shape index (κ3) is 2.71. The fourth-order valence-electron chi connectivity index (χ4n) is 1.58. The number of nitrogens with two attached hydrogens (primary N) is 1. The van der Waals surface area contributed by atoms with Crippen LogP contribution in [0.2, 0.25) is 5.02 Å². The topological polar surface area (TPSA) is 38.0 Å². The van der Waals surface area contributed by atoms with Gasteiger partial charge in [-0.05, 0) is 29.8 Å². The van der Waals surface area contributed by atoms with E-state index in [4.69, 9.17) is 17.3 Å². The van der Waals surface area contributed by atoms with Crippen LogP contribution in [0.4, 0.5) is 20.2 Å². The van der Waals surface area contributed by atoms with Crippen molar-refractivity contribution in [1.82, 2.24) is 0 Å². The lowest BCUT2D eigenvalue weighted by molar-refractivity contribution is 0.511. The summed E-state index contributed by atoms with van der Waals surface area (Å²) in [5.41, 5.74) is 6.57. The zero-order chi connectivity index (χ0) is 13.1. The van der Waals surface area contributed by atoms with Crippen LogP contribution in [0.1, 0.15) is 5.56 Å². The second-order valence-corrected chi connectivity index (χ2v) is 4.25. The van der Waals surface area contributed by atoms with Gasteiger partial charge in [0.25, 0.3) is 0 Å². The Morgan fingerprint density at radius 1 is 1.17 bits per heavy atom. The molecule has 0 fully saturated rings. The Morgan fingerprint density at radius 2 is 1.94 bits per heavy atom. The molecule has 0 saturated carbocycles. The van der Waals surface area contributed by atoms with Gasteiger partial charge < -0.3 is 11.1 Å². The number of rotatable bonds is 3. The number of hydrogen-bond donors (Lipinski definition) is 2. The third-order valence-corrected chi connectivity index (χ3v) is 2.72. The number of nitrogen functional groups attached to an aromatic ring is 1. The van der Waals surface area contributed by atoms with Crippen LogP contribution in [-0.2, 0) is 6.54 Å².